The molecule has 1 atom stereocenters. The maximum absolute atomic E-state index is 6.53. The second-order valence-electron chi connectivity index (χ2n) is 13.4. The quantitative estimate of drug-likeness (QED) is 0.190. The van der Waals surface area contributed by atoms with Gasteiger partial charge in [0.1, 0.15) is 22.8 Å². The largest absolute Gasteiger partial charge is 0.456 e. The Bertz CT molecular complexity index is 2830. The molecule has 4 heteroatoms. The highest BCUT2D eigenvalue weighted by Crippen LogP contribution is 2.36. The molecular formula is C49H33N3O. The molecule has 2 heterocycles. The SMILES string of the molecule is c1ccc(C2=NC(c3ccc(-c4ccc5ccccc5c4)cc3)N=C(c3cccc4oc5cc(-c6ccc(-c7ccccc7)cc6)ccc5c34)N2)cc1. The lowest BCUT2D eigenvalue weighted by atomic mass is 9.98. The standard InChI is InChI=1S/C49H33N3O/c1-3-10-32(11-4-1)34-18-20-36(21-19-34)41-28-29-42-45(31-41)53-44-17-9-16-43(46(42)44)49-51-47(37-13-5-2-6-14-37)50-48(52-49)38-25-22-35(23-26-38)40-27-24-33-12-7-8-15-39(33)30-40/h1-31,48H,(H,50,51,52). The molecule has 0 fully saturated rings. The van der Waals surface area contributed by atoms with Crippen LogP contribution in [0.5, 0.6) is 0 Å². The van der Waals surface area contributed by atoms with Crippen LogP contribution in [0.1, 0.15) is 22.9 Å². The van der Waals surface area contributed by atoms with E-state index < -0.39 is 6.17 Å². The van der Waals surface area contributed by atoms with Crippen molar-refractivity contribution in [3.05, 3.63) is 205 Å². The zero-order valence-corrected chi connectivity index (χ0v) is 28.8. The third kappa shape index (κ3) is 5.77. The number of furan rings is 1. The second kappa shape index (κ2) is 12.9. The molecule has 1 aromatic heterocycles. The highest BCUT2D eigenvalue weighted by atomic mass is 16.3. The first-order valence-electron chi connectivity index (χ1n) is 17.9. The number of nitrogens with zero attached hydrogens (tertiary/aromatic N) is 2. The molecule has 0 amide bonds. The van der Waals surface area contributed by atoms with Crippen LogP contribution in [0.3, 0.4) is 0 Å². The molecule has 8 aromatic carbocycles. The van der Waals surface area contributed by atoms with Gasteiger partial charge in [0, 0.05) is 21.9 Å². The average Bonchev–Trinajstić information content (AvgIpc) is 3.62. The van der Waals surface area contributed by atoms with Crippen LogP contribution in [0.15, 0.2) is 202 Å². The van der Waals surface area contributed by atoms with Crippen molar-refractivity contribution in [2.75, 3.05) is 0 Å². The molecule has 10 rings (SSSR count). The molecule has 0 radical (unpaired) electrons. The van der Waals surface area contributed by atoms with Crippen molar-refractivity contribution in [1.82, 2.24) is 5.32 Å². The number of rotatable bonds is 6. The molecule has 250 valence electrons. The van der Waals surface area contributed by atoms with E-state index in [0.717, 1.165) is 67.0 Å². The topological polar surface area (TPSA) is 49.9 Å². The first-order chi connectivity index (χ1) is 26.2. The van der Waals surface area contributed by atoms with Crippen molar-refractivity contribution in [3.8, 4) is 33.4 Å². The smallest absolute Gasteiger partial charge is 0.169 e. The first-order valence-corrected chi connectivity index (χ1v) is 17.9. The van der Waals surface area contributed by atoms with Crippen LogP contribution in [0.25, 0.3) is 66.1 Å². The van der Waals surface area contributed by atoms with Crippen LogP contribution in [0.4, 0.5) is 0 Å². The van der Waals surface area contributed by atoms with Gasteiger partial charge >= 0.3 is 0 Å². The van der Waals surface area contributed by atoms with E-state index in [0.29, 0.717) is 0 Å². The summed E-state index contributed by atoms with van der Waals surface area (Å²) >= 11 is 0. The molecule has 9 aromatic rings. The van der Waals surface area contributed by atoms with E-state index in [1.165, 1.54) is 27.5 Å². The van der Waals surface area contributed by atoms with Crippen LogP contribution >= 0.6 is 0 Å². The molecule has 0 aliphatic carbocycles. The Morgan fingerprint density at radius 1 is 0.396 bits per heavy atom. The Morgan fingerprint density at radius 2 is 0.962 bits per heavy atom. The number of nitrogens with one attached hydrogen (secondary N) is 1. The van der Waals surface area contributed by atoms with Gasteiger partial charge in [0.25, 0.3) is 0 Å². The van der Waals surface area contributed by atoms with Crippen molar-refractivity contribution in [2.45, 2.75) is 6.17 Å². The highest BCUT2D eigenvalue weighted by molar-refractivity contribution is 6.23. The maximum atomic E-state index is 6.53. The van der Waals surface area contributed by atoms with E-state index in [4.69, 9.17) is 14.4 Å². The van der Waals surface area contributed by atoms with Gasteiger partial charge in [-0.1, -0.05) is 164 Å². The van der Waals surface area contributed by atoms with Crippen molar-refractivity contribution in [2.24, 2.45) is 9.98 Å². The second-order valence-corrected chi connectivity index (χ2v) is 13.4. The summed E-state index contributed by atoms with van der Waals surface area (Å²) < 4.78 is 6.53. The molecule has 1 aliphatic heterocycles. The van der Waals surface area contributed by atoms with Gasteiger partial charge in [0.15, 0.2) is 6.17 Å². The summed E-state index contributed by atoms with van der Waals surface area (Å²) in [7, 11) is 0. The summed E-state index contributed by atoms with van der Waals surface area (Å²) in [6.07, 6.45) is -0.425. The number of hydrogen-bond donors (Lipinski definition) is 1. The van der Waals surface area contributed by atoms with Gasteiger partial charge < -0.3 is 9.73 Å². The summed E-state index contributed by atoms with van der Waals surface area (Å²) in [4.78, 5) is 10.4. The van der Waals surface area contributed by atoms with E-state index in [1.807, 2.05) is 36.4 Å². The van der Waals surface area contributed by atoms with Gasteiger partial charge in [-0.15, -0.1) is 0 Å². The van der Waals surface area contributed by atoms with Crippen LogP contribution in [0.2, 0.25) is 0 Å². The van der Waals surface area contributed by atoms with E-state index in [-0.39, 0.29) is 0 Å². The molecule has 0 saturated carbocycles. The normalized spacial score (nSPS) is 14.2. The monoisotopic (exact) mass is 679 g/mol. The lowest BCUT2D eigenvalue weighted by molar-refractivity contribution is 0.669. The Hall–Kier alpha value is -7.04. The predicted molar refractivity (Wildman–Crippen MR) is 219 cm³/mol. The predicted octanol–water partition coefficient (Wildman–Crippen LogP) is 12.2. The third-order valence-corrected chi connectivity index (χ3v) is 10.2. The Morgan fingerprint density at radius 3 is 1.72 bits per heavy atom. The van der Waals surface area contributed by atoms with E-state index in [2.05, 4.69) is 157 Å². The van der Waals surface area contributed by atoms with Gasteiger partial charge in [-0.3, -0.25) is 0 Å². The fourth-order valence-corrected chi connectivity index (χ4v) is 7.38. The van der Waals surface area contributed by atoms with E-state index in [9.17, 15) is 0 Å². The fraction of sp³-hybridized carbons (Fsp3) is 0.0204. The number of aliphatic imine (C=N–C) groups is 2. The molecule has 53 heavy (non-hydrogen) atoms. The lowest BCUT2D eigenvalue weighted by Gasteiger charge is -2.23. The van der Waals surface area contributed by atoms with Crippen LogP contribution < -0.4 is 5.32 Å². The van der Waals surface area contributed by atoms with Gasteiger partial charge in [0.2, 0.25) is 0 Å². The summed E-state index contributed by atoms with van der Waals surface area (Å²) in [5.41, 5.74) is 11.7. The minimum Gasteiger partial charge on any atom is -0.456 e. The summed E-state index contributed by atoms with van der Waals surface area (Å²) in [5, 5.41) is 8.14. The number of fused-ring (bicyclic) bond motifs is 4. The number of benzene rings is 8. The van der Waals surface area contributed by atoms with Crippen molar-refractivity contribution < 1.29 is 4.42 Å². The van der Waals surface area contributed by atoms with E-state index >= 15 is 0 Å². The molecule has 0 spiro atoms. The van der Waals surface area contributed by atoms with Crippen LogP contribution in [-0.4, -0.2) is 11.7 Å². The molecule has 1 aliphatic rings. The third-order valence-electron chi connectivity index (χ3n) is 10.2. The molecule has 4 nitrogen and oxygen atoms in total. The summed E-state index contributed by atoms with van der Waals surface area (Å²) in [6.45, 7) is 0. The fourth-order valence-electron chi connectivity index (χ4n) is 7.38. The molecule has 1 N–H and O–H groups in total. The van der Waals surface area contributed by atoms with Crippen LogP contribution in [-0.2, 0) is 0 Å². The minimum atomic E-state index is -0.425. The Balaban J connectivity index is 1.02. The Kier molecular flexibility index (Phi) is 7.51. The number of amidine groups is 2. The average molecular weight is 680 g/mol. The highest BCUT2D eigenvalue weighted by Gasteiger charge is 2.23. The Labute approximate surface area is 307 Å². The zero-order valence-electron chi connectivity index (χ0n) is 28.8. The lowest BCUT2D eigenvalue weighted by Crippen LogP contribution is -2.36. The maximum Gasteiger partial charge on any atom is 0.169 e. The van der Waals surface area contributed by atoms with Gasteiger partial charge in [0.05, 0.1) is 0 Å². The van der Waals surface area contributed by atoms with Crippen LogP contribution in [0, 0.1) is 0 Å². The molecule has 0 saturated heterocycles. The number of hydrogen-bond acceptors (Lipinski definition) is 4. The summed E-state index contributed by atoms with van der Waals surface area (Å²) in [6, 6.07) is 65.8. The molecule has 1 unspecified atom stereocenters. The van der Waals surface area contributed by atoms with Crippen molar-refractivity contribution >= 4 is 44.4 Å². The molecular weight excluding hydrogens is 647 g/mol. The minimum absolute atomic E-state index is 0.425. The van der Waals surface area contributed by atoms with Gasteiger partial charge in [-0.2, -0.15) is 0 Å². The summed E-state index contributed by atoms with van der Waals surface area (Å²) in [5.74, 6) is 1.54. The van der Waals surface area contributed by atoms with Crippen molar-refractivity contribution in [3.63, 3.8) is 0 Å². The first kappa shape index (κ1) is 30.8. The van der Waals surface area contributed by atoms with Gasteiger partial charge in [-0.05, 0) is 74.0 Å². The van der Waals surface area contributed by atoms with E-state index in [1.54, 1.807) is 0 Å². The zero-order chi connectivity index (χ0) is 35.1. The van der Waals surface area contributed by atoms with Crippen molar-refractivity contribution in [1.29, 1.82) is 0 Å². The van der Waals surface area contributed by atoms with Gasteiger partial charge in [-0.25, -0.2) is 9.98 Å². The molecule has 0 bridgehead atoms.